The van der Waals surface area contributed by atoms with Crippen molar-refractivity contribution < 1.29 is 9.18 Å². The molecule has 138 valence electrons. The fraction of sp³-hybridized carbons (Fsp3) is 0.381. The highest BCUT2D eigenvalue weighted by molar-refractivity contribution is 7.99. The summed E-state index contributed by atoms with van der Waals surface area (Å²) in [5.41, 5.74) is 2.03. The van der Waals surface area contributed by atoms with Crippen molar-refractivity contribution >= 4 is 23.4 Å². The third kappa shape index (κ3) is 5.08. The lowest BCUT2D eigenvalue weighted by Crippen LogP contribution is -2.37. The smallest absolute Gasteiger partial charge is 0.227 e. The molecule has 0 aromatic heterocycles. The van der Waals surface area contributed by atoms with E-state index in [1.165, 1.54) is 12.1 Å². The monoisotopic (exact) mass is 372 g/mol. The number of amides is 1. The zero-order valence-corrected chi connectivity index (χ0v) is 15.9. The Labute approximate surface area is 159 Å². The van der Waals surface area contributed by atoms with Crippen molar-refractivity contribution in [3.05, 3.63) is 59.9 Å². The number of anilines is 1. The third-order valence-corrected chi connectivity index (χ3v) is 5.68. The molecule has 1 amide bonds. The van der Waals surface area contributed by atoms with Gasteiger partial charge in [0.2, 0.25) is 5.91 Å². The lowest BCUT2D eigenvalue weighted by atomic mass is 9.95. The number of rotatable bonds is 6. The van der Waals surface area contributed by atoms with E-state index in [1.54, 1.807) is 11.8 Å². The molecule has 26 heavy (non-hydrogen) atoms. The summed E-state index contributed by atoms with van der Waals surface area (Å²) < 4.78 is 13.0. The highest BCUT2D eigenvalue weighted by Gasteiger charge is 2.25. The van der Waals surface area contributed by atoms with E-state index in [0.29, 0.717) is 0 Å². The first-order valence-electron chi connectivity index (χ1n) is 9.15. The van der Waals surface area contributed by atoms with Crippen molar-refractivity contribution in [3.8, 4) is 0 Å². The van der Waals surface area contributed by atoms with Gasteiger partial charge in [-0.15, -0.1) is 11.8 Å². The Kier molecular flexibility index (Phi) is 6.69. The summed E-state index contributed by atoms with van der Waals surface area (Å²) in [6, 6.07) is 14.6. The number of hydrogen-bond donors (Lipinski definition) is 1. The molecule has 0 atom stereocenters. The van der Waals surface area contributed by atoms with Crippen LogP contribution in [-0.2, 0) is 11.3 Å². The predicted octanol–water partition coefficient (Wildman–Crippen LogP) is 4.79. The average Bonchev–Trinajstić information content (AvgIpc) is 2.66. The van der Waals surface area contributed by atoms with Crippen LogP contribution in [0.15, 0.2) is 53.4 Å². The van der Waals surface area contributed by atoms with Crippen molar-refractivity contribution in [2.24, 2.45) is 5.92 Å². The molecule has 1 aliphatic rings. The summed E-state index contributed by atoms with van der Waals surface area (Å²) in [7, 11) is 0. The van der Waals surface area contributed by atoms with E-state index in [1.807, 2.05) is 30.3 Å². The average molecular weight is 373 g/mol. The summed E-state index contributed by atoms with van der Waals surface area (Å²) in [5, 5.41) is 3.12. The van der Waals surface area contributed by atoms with E-state index in [-0.39, 0.29) is 17.6 Å². The molecular weight excluding hydrogens is 347 g/mol. The fourth-order valence-electron chi connectivity index (χ4n) is 3.29. The van der Waals surface area contributed by atoms with E-state index < -0.39 is 0 Å². The molecule has 3 nitrogen and oxygen atoms in total. The van der Waals surface area contributed by atoms with Crippen LogP contribution in [0, 0.1) is 11.7 Å². The van der Waals surface area contributed by atoms with Gasteiger partial charge in [0.15, 0.2) is 0 Å². The van der Waals surface area contributed by atoms with Crippen LogP contribution in [0.1, 0.15) is 25.3 Å². The molecule has 1 aliphatic heterocycles. The normalized spacial score (nSPS) is 15.8. The first-order chi connectivity index (χ1) is 12.7. The first kappa shape index (κ1) is 18.9. The maximum Gasteiger partial charge on any atom is 0.227 e. The van der Waals surface area contributed by atoms with Crippen LogP contribution in [0.2, 0.25) is 0 Å². The molecule has 1 N–H and O–H groups in total. The number of hydrogen-bond acceptors (Lipinski definition) is 3. The molecule has 1 fully saturated rings. The molecule has 3 rings (SSSR count). The molecule has 0 spiro atoms. The number of nitrogens with zero attached hydrogens (tertiary/aromatic N) is 1. The zero-order valence-electron chi connectivity index (χ0n) is 15.1. The van der Waals surface area contributed by atoms with E-state index >= 15 is 0 Å². The number of carbonyl (C=O) groups excluding carboxylic acids is 1. The van der Waals surface area contributed by atoms with Gasteiger partial charge >= 0.3 is 0 Å². The number of thioether (sulfide) groups is 1. The SMILES string of the molecule is CCSc1ccccc1NC(=O)C1CCN(Cc2ccc(F)cc2)CC1. The van der Waals surface area contributed by atoms with Crippen molar-refractivity contribution in [1.29, 1.82) is 0 Å². The van der Waals surface area contributed by atoms with Gasteiger partial charge in [-0.2, -0.15) is 0 Å². The van der Waals surface area contributed by atoms with Crippen LogP contribution in [0.25, 0.3) is 0 Å². The van der Waals surface area contributed by atoms with E-state index in [9.17, 15) is 9.18 Å². The van der Waals surface area contributed by atoms with Gasteiger partial charge in [0.05, 0.1) is 5.69 Å². The van der Waals surface area contributed by atoms with Gasteiger partial charge in [-0.3, -0.25) is 9.69 Å². The van der Waals surface area contributed by atoms with Crippen molar-refractivity contribution in [2.45, 2.75) is 31.2 Å². The molecule has 1 saturated heterocycles. The lowest BCUT2D eigenvalue weighted by Gasteiger charge is -2.31. The standard InChI is InChI=1S/C21H25FN2OS/c1-2-26-20-6-4-3-5-19(20)23-21(25)17-11-13-24(14-12-17)15-16-7-9-18(22)10-8-16/h3-10,17H,2,11-15H2,1H3,(H,23,25). The summed E-state index contributed by atoms with van der Waals surface area (Å²) in [6.45, 7) is 4.70. The maximum atomic E-state index is 13.0. The van der Waals surface area contributed by atoms with Crippen molar-refractivity contribution in [2.75, 3.05) is 24.2 Å². The maximum absolute atomic E-state index is 13.0. The van der Waals surface area contributed by atoms with Gasteiger partial charge in [0.1, 0.15) is 5.82 Å². The highest BCUT2D eigenvalue weighted by atomic mass is 32.2. The second-order valence-electron chi connectivity index (χ2n) is 6.60. The number of benzene rings is 2. The summed E-state index contributed by atoms with van der Waals surface area (Å²) >= 11 is 1.74. The lowest BCUT2D eigenvalue weighted by molar-refractivity contribution is -0.121. The zero-order chi connectivity index (χ0) is 18.4. The Bertz CT molecular complexity index is 727. The predicted molar refractivity (Wildman–Crippen MR) is 106 cm³/mol. The first-order valence-corrected chi connectivity index (χ1v) is 10.1. The molecule has 0 radical (unpaired) electrons. The van der Waals surface area contributed by atoms with E-state index in [2.05, 4.69) is 23.2 Å². The van der Waals surface area contributed by atoms with Crippen molar-refractivity contribution in [3.63, 3.8) is 0 Å². The Morgan fingerprint density at radius 3 is 2.54 bits per heavy atom. The number of piperidine rings is 1. The highest BCUT2D eigenvalue weighted by Crippen LogP contribution is 2.28. The van der Waals surface area contributed by atoms with Crippen molar-refractivity contribution in [1.82, 2.24) is 4.90 Å². The molecule has 0 saturated carbocycles. The molecule has 0 aliphatic carbocycles. The largest absolute Gasteiger partial charge is 0.325 e. The van der Waals surface area contributed by atoms with Gasteiger partial charge in [0, 0.05) is 17.4 Å². The summed E-state index contributed by atoms with van der Waals surface area (Å²) in [6.07, 6.45) is 1.71. The summed E-state index contributed by atoms with van der Waals surface area (Å²) in [4.78, 5) is 16.1. The number of nitrogens with one attached hydrogen (secondary N) is 1. The molecule has 1 heterocycles. The summed E-state index contributed by atoms with van der Waals surface area (Å²) in [5.74, 6) is 0.953. The van der Waals surface area contributed by atoms with Crippen LogP contribution in [0.4, 0.5) is 10.1 Å². The van der Waals surface area contributed by atoms with Gasteiger partial charge in [-0.1, -0.05) is 31.2 Å². The number of carbonyl (C=O) groups is 1. The Morgan fingerprint density at radius 2 is 1.85 bits per heavy atom. The van der Waals surface area contributed by atoms with Crippen LogP contribution in [0.3, 0.4) is 0 Å². The topological polar surface area (TPSA) is 32.3 Å². The minimum absolute atomic E-state index is 0.0548. The molecule has 0 bridgehead atoms. The third-order valence-electron chi connectivity index (χ3n) is 4.72. The Morgan fingerprint density at radius 1 is 1.15 bits per heavy atom. The van der Waals surface area contributed by atoms with Gasteiger partial charge in [0.25, 0.3) is 0 Å². The van der Waals surface area contributed by atoms with Crippen LogP contribution in [-0.4, -0.2) is 29.6 Å². The number of para-hydroxylation sites is 1. The van der Waals surface area contributed by atoms with Gasteiger partial charge < -0.3 is 5.32 Å². The van der Waals surface area contributed by atoms with Crippen LogP contribution >= 0.6 is 11.8 Å². The van der Waals surface area contributed by atoms with Gasteiger partial charge in [-0.05, 0) is 61.5 Å². The second kappa shape index (κ2) is 9.19. The van der Waals surface area contributed by atoms with Crippen LogP contribution < -0.4 is 5.32 Å². The molecule has 2 aromatic rings. The molecular formula is C21H25FN2OS. The Balaban J connectivity index is 1.51. The van der Waals surface area contributed by atoms with E-state index in [4.69, 9.17) is 0 Å². The quantitative estimate of drug-likeness (QED) is 0.740. The number of halogens is 1. The minimum atomic E-state index is -0.203. The number of likely N-dealkylation sites (tertiary alicyclic amines) is 1. The molecule has 2 aromatic carbocycles. The molecule has 0 unspecified atom stereocenters. The van der Waals surface area contributed by atoms with E-state index in [0.717, 1.165) is 54.4 Å². The minimum Gasteiger partial charge on any atom is -0.325 e. The van der Waals surface area contributed by atoms with Crippen LogP contribution in [0.5, 0.6) is 0 Å². The molecule has 5 heteroatoms. The Hall–Kier alpha value is -1.85. The second-order valence-corrected chi connectivity index (χ2v) is 7.90. The van der Waals surface area contributed by atoms with Gasteiger partial charge in [-0.25, -0.2) is 4.39 Å². The fourth-order valence-corrected chi connectivity index (χ4v) is 4.05.